The van der Waals surface area contributed by atoms with E-state index < -0.39 is 0 Å². The van der Waals surface area contributed by atoms with E-state index in [1.54, 1.807) is 31.4 Å². The number of para-hydroxylation sites is 2. The van der Waals surface area contributed by atoms with Crippen molar-refractivity contribution in [3.05, 3.63) is 95.8 Å². The average Bonchev–Trinajstić information content (AvgIpc) is 3.23. The molecule has 1 heterocycles. The Labute approximate surface area is 205 Å². The van der Waals surface area contributed by atoms with Crippen molar-refractivity contribution < 1.29 is 14.3 Å². The molecule has 0 fully saturated rings. The van der Waals surface area contributed by atoms with Crippen molar-refractivity contribution in [2.45, 2.75) is 39.5 Å². The number of methoxy groups -OCH3 is 1. The van der Waals surface area contributed by atoms with Gasteiger partial charge in [0.05, 0.1) is 24.7 Å². The summed E-state index contributed by atoms with van der Waals surface area (Å²) in [6.07, 6.45) is 0. The molecule has 4 rings (SSSR count). The Morgan fingerprint density at radius 1 is 1.00 bits per heavy atom. The maximum atomic E-state index is 13.5. The first kappa shape index (κ1) is 24.0. The van der Waals surface area contributed by atoms with Gasteiger partial charge in [-0.1, -0.05) is 48.5 Å². The Hall–Kier alpha value is -4.13. The van der Waals surface area contributed by atoms with E-state index in [4.69, 9.17) is 9.72 Å². The average molecular weight is 471 g/mol. The van der Waals surface area contributed by atoms with E-state index in [1.165, 1.54) is 0 Å². The second-order valence-electron chi connectivity index (χ2n) is 8.62. The lowest BCUT2D eigenvalue weighted by Gasteiger charge is -2.27. The van der Waals surface area contributed by atoms with Crippen LogP contribution in [0.1, 0.15) is 35.6 Å². The molecule has 0 bridgehead atoms. The largest absolute Gasteiger partial charge is 0.497 e. The third kappa shape index (κ3) is 5.69. The molecule has 0 radical (unpaired) electrons. The lowest BCUT2D eigenvalue weighted by atomic mass is 10.2. The summed E-state index contributed by atoms with van der Waals surface area (Å²) in [5.41, 5.74) is 3.22. The molecule has 0 unspecified atom stereocenters. The normalized spacial score (nSPS) is 11.0. The van der Waals surface area contributed by atoms with Gasteiger partial charge >= 0.3 is 0 Å². The Morgan fingerprint density at radius 3 is 2.49 bits per heavy atom. The van der Waals surface area contributed by atoms with Crippen LogP contribution in [0.3, 0.4) is 0 Å². The van der Waals surface area contributed by atoms with Gasteiger partial charge in [-0.2, -0.15) is 0 Å². The van der Waals surface area contributed by atoms with Crippen LogP contribution in [-0.4, -0.2) is 39.4 Å². The fraction of sp³-hybridized carbons (Fsp3) is 0.250. The molecular weight excluding hydrogens is 440 g/mol. The summed E-state index contributed by atoms with van der Waals surface area (Å²) in [5.74, 6) is 0.996. The van der Waals surface area contributed by atoms with Crippen molar-refractivity contribution in [1.82, 2.24) is 19.8 Å². The van der Waals surface area contributed by atoms with Crippen LogP contribution in [0.2, 0.25) is 0 Å². The molecule has 7 nitrogen and oxygen atoms in total. The molecule has 0 saturated carbocycles. The number of carbonyl (C=O) groups is 2. The number of nitrogens with one attached hydrogen (secondary N) is 1. The Kier molecular flexibility index (Phi) is 7.45. The highest BCUT2D eigenvalue weighted by molar-refractivity contribution is 5.94. The number of benzene rings is 3. The van der Waals surface area contributed by atoms with Crippen molar-refractivity contribution in [3.63, 3.8) is 0 Å². The van der Waals surface area contributed by atoms with Crippen LogP contribution in [0.15, 0.2) is 78.9 Å². The van der Waals surface area contributed by atoms with Crippen LogP contribution >= 0.6 is 0 Å². The third-order valence-corrected chi connectivity index (χ3v) is 5.91. The van der Waals surface area contributed by atoms with Gasteiger partial charge in [-0.25, -0.2) is 4.98 Å². The Bertz CT molecular complexity index is 1310. The molecule has 0 aliphatic carbocycles. The SMILES string of the molecule is COc1cccc(C(=O)NCc2nc3ccccc3n2CC(=O)N(Cc2ccccc2)C(C)C)c1. The minimum atomic E-state index is -0.235. The van der Waals surface area contributed by atoms with Crippen LogP contribution < -0.4 is 10.1 Å². The number of aromatic nitrogens is 2. The van der Waals surface area contributed by atoms with Gasteiger partial charge in [0.2, 0.25) is 5.91 Å². The van der Waals surface area contributed by atoms with E-state index in [-0.39, 0.29) is 30.9 Å². The van der Waals surface area contributed by atoms with Crippen LogP contribution in [-0.2, 0) is 24.4 Å². The molecule has 0 atom stereocenters. The van der Waals surface area contributed by atoms with E-state index in [0.29, 0.717) is 23.7 Å². The van der Waals surface area contributed by atoms with Gasteiger partial charge in [-0.3, -0.25) is 9.59 Å². The molecule has 35 heavy (non-hydrogen) atoms. The van der Waals surface area contributed by atoms with E-state index in [2.05, 4.69) is 5.32 Å². The fourth-order valence-electron chi connectivity index (χ4n) is 4.03. The molecule has 7 heteroatoms. The summed E-state index contributed by atoms with van der Waals surface area (Å²) in [6, 6.07) is 24.7. The number of fused-ring (bicyclic) bond motifs is 1. The third-order valence-electron chi connectivity index (χ3n) is 5.91. The highest BCUT2D eigenvalue weighted by Gasteiger charge is 2.21. The summed E-state index contributed by atoms with van der Waals surface area (Å²) >= 11 is 0. The van der Waals surface area contributed by atoms with E-state index in [0.717, 1.165) is 16.6 Å². The predicted molar refractivity (Wildman–Crippen MR) is 136 cm³/mol. The minimum Gasteiger partial charge on any atom is -0.497 e. The van der Waals surface area contributed by atoms with Gasteiger partial charge in [0.1, 0.15) is 18.1 Å². The van der Waals surface area contributed by atoms with Crippen LogP contribution in [0.5, 0.6) is 5.75 Å². The first-order valence-electron chi connectivity index (χ1n) is 11.7. The summed E-state index contributed by atoms with van der Waals surface area (Å²) in [6.45, 7) is 4.89. The maximum absolute atomic E-state index is 13.5. The van der Waals surface area contributed by atoms with Gasteiger partial charge in [0.15, 0.2) is 0 Å². The van der Waals surface area contributed by atoms with Gasteiger partial charge in [-0.15, -0.1) is 0 Å². The zero-order chi connectivity index (χ0) is 24.8. The number of hydrogen-bond acceptors (Lipinski definition) is 4. The monoisotopic (exact) mass is 470 g/mol. The molecule has 1 N–H and O–H groups in total. The number of hydrogen-bond donors (Lipinski definition) is 1. The molecule has 1 aromatic heterocycles. The Morgan fingerprint density at radius 2 is 1.74 bits per heavy atom. The molecule has 3 aromatic carbocycles. The molecule has 4 aromatic rings. The molecular formula is C28H30N4O3. The fourth-order valence-corrected chi connectivity index (χ4v) is 4.03. The number of nitrogens with zero attached hydrogens (tertiary/aromatic N) is 3. The number of amides is 2. The molecule has 2 amide bonds. The second kappa shape index (κ2) is 10.9. The zero-order valence-corrected chi connectivity index (χ0v) is 20.3. The van der Waals surface area contributed by atoms with Gasteiger partial charge in [-0.05, 0) is 49.7 Å². The summed E-state index contributed by atoms with van der Waals surface area (Å²) in [7, 11) is 1.56. The van der Waals surface area contributed by atoms with Crippen LogP contribution in [0.4, 0.5) is 0 Å². The van der Waals surface area contributed by atoms with Gasteiger partial charge in [0, 0.05) is 18.2 Å². The maximum Gasteiger partial charge on any atom is 0.251 e. The van der Waals surface area contributed by atoms with E-state index in [9.17, 15) is 9.59 Å². The second-order valence-corrected chi connectivity index (χ2v) is 8.62. The van der Waals surface area contributed by atoms with Gasteiger partial charge < -0.3 is 19.5 Å². The van der Waals surface area contributed by atoms with Crippen molar-refractivity contribution in [1.29, 1.82) is 0 Å². The zero-order valence-electron chi connectivity index (χ0n) is 20.3. The number of rotatable bonds is 9. The summed E-state index contributed by atoms with van der Waals surface area (Å²) in [4.78, 5) is 32.8. The lowest BCUT2D eigenvalue weighted by molar-refractivity contribution is -0.134. The van der Waals surface area contributed by atoms with Crippen molar-refractivity contribution in [3.8, 4) is 5.75 Å². The highest BCUT2D eigenvalue weighted by atomic mass is 16.5. The molecule has 0 aliphatic rings. The Balaban J connectivity index is 1.56. The summed E-state index contributed by atoms with van der Waals surface area (Å²) in [5, 5.41) is 2.93. The molecule has 0 spiro atoms. The molecule has 0 saturated heterocycles. The van der Waals surface area contributed by atoms with Crippen molar-refractivity contribution >= 4 is 22.8 Å². The molecule has 0 aliphatic heterocycles. The van der Waals surface area contributed by atoms with Crippen molar-refractivity contribution in [2.75, 3.05) is 7.11 Å². The number of carbonyl (C=O) groups excluding carboxylic acids is 2. The van der Waals surface area contributed by atoms with E-state index >= 15 is 0 Å². The number of imidazole rings is 1. The van der Waals surface area contributed by atoms with Crippen LogP contribution in [0, 0.1) is 0 Å². The minimum absolute atomic E-state index is 0.00706. The summed E-state index contributed by atoms with van der Waals surface area (Å²) < 4.78 is 7.11. The van der Waals surface area contributed by atoms with Crippen LogP contribution in [0.25, 0.3) is 11.0 Å². The quantitative estimate of drug-likeness (QED) is 0.393. The predicted octanol–water partition coefficient (Wildman–Crippen LogP) is 4.41. The molecule has 180 valence electrons. The number of ether oxygens (including phenoxy) is 1. The smallest absolute Gasteiger partial charge is 0.251 e. The highest BCUT2D eigenvalue weighted by Crippen LogP contribution is 2.18. The standard InChI is InChI=1S/C28H30N4O3/c1-20(2)31(18-21-10-5-4-6-11-21)27(33)19-32-25-15-8-7-14-24(25)30-26(32)17-29-28(34)22-12-9-13-23(16-22)35-3/h4-16,20H,17-19H2,1-3H3,(H,29,34). The first-order chi connectivity index (χ1) is 17.0. The topological polar surface area (TPSA) is 76.5 Å². The lowest BCUT2D eigenvalue weighted by Crippen LogP contribution is -2.39. The first-order valence-corrected chi connectivity index (χ1v) is 11.7. The van der Waals surface area contributed by atoms with Crippen molar-refractivity contribution in [2.24, 2.45) is 0 Å². The van der Waals surface area contributed by atoms with Gasteiger partial charge in [0.25, 0.3) is 5.91 Å². The van der Waals surface area contributed by atoms with E-state index in [1.807, 2.05) is 77.9 Å².